The van der Waals surface area contributed by atoms with Crippen molar-refractivity contribution in [2.24, 2.45) is 0 Å². The van der Waals surface area contributed by atoms with Gasteiger partial charge in [-0.25, -0.2) is 0 Å². The summed E-state index contributed by atoms with van der Waals surface area (Å²) in [7, 11) is 0. The predicted octanol–water partition coefficient (Wildman–Crippen LogP) is 5.30. The fourth-order valence-corrected chi connectivity index (χ4v) is 5.20. The van der Waals surface area contributed by atoms with E-state index in [0.29, 0.717) is 6.42 Å². The Balaban J connectivity index is 1.88. The Morgan fingerprint density at radius 2 is 2.08 bits per heavy atom. The molecule has 5 heteroatoms. The maximum Gasteiger partial charge on any atom is 0.320 e. The van der Waals surface area contributed by atoms with Crippen molar-refractivity contribution in [3.05, 3.63) is 69.5 Å². The van der Waals surface area contributed by atoms with Crippen LogP contribution in [0.1, 0.15) is 30.0 Å². The molecule has 1 saturated heterocycles. The molecule has 3 nitrogen and oxygen atoms in total. The Hall–Kier alpha value is -1.69. The summed E-state index contributed by atoms with van der Waals surface area (Å²) in [5.41, 5.74) is 2.33. The number of carboxylic acid groups (broad SMARTS) is 1. The van der Waals surface area contributed by atoms with Gasteiger partial charge in [0.05, 0.1) is 6.04 Å². The van der Waals surface area contributed by atoms with Crippen molar-refractivity contribution in [2.45, 2.75) is 24.9 Å². The van der Waals surface area contributed by atoms with E-state index in [-0.39, 0.29) is 6.04 Å². The number of benzene rings is 2. The SMILES string of the molecule is O=C(O)C1CCCN1C(c1cccc(Br)c1)c1csc2ccccc12. The van der Waals surface area contributed by atoms with E-state index in [0.717, 1.165) is 23.0 Å². The van der Waals surface area contributed by atoms with Gasteiger partial charge < -0.3 is 5.11 Å². The molecular formula is C20H18BrNO2S. The van der Waals surface area contributed by atoms with Crippen molar-refractivity contribution < 1.29 is 9.90 Å². The van der Waals surface area contributed by atoms with E-state index in [4.69, 9.17) is 0 Å². The van der Waals surface area contributed by atoms with Crippen LogP contribution in [0.4, 0.5) is 0 Å². The second-order valence-electron chi connectivity index (χ2n) is 6.38. The van der Waals surface area contributed by atoms with Gasteiger partial charge in [0, 0.05) is 15.7 Å². The van der Waals surface area contributed by atoms with Gasteiger partial charge in [0.1, 0.15) is 6.04 Å². The molecule has 2 aromatic carbocycles. The summed E-state index contributed by atoms with van der Waals surface area (Å²) in [4.78, 5) is 14.0. The zero-order valence-corrected chi connectivity index (χ0v) is 16.0. The summed E-state index contributed by atoms with van der Waals surface area (Å²) in [6.45, 7) is 0.804. The predicted molar refractivity (Wildman–Crippen MR) is 105 cm³/mol. The van der Waals surface area contributed by atoms with E-state index in [1.807, 2.05) is 18.2 Å². The average molecular weight is 416 g/mol. The molecule has 1 aliphatic rings. The van der Waals surface area contributed by atoms with Crippen molar-refractivity contribution >= 4 is 43.3 Å². The molecule has 0 radical (unpaired) electrons. The topological polar surface area (TPSA) is 40.5 Å². The molecular weight excluding hydrogens is 398 g/mol. The number of hydrogen-bond donors (Lipinski definition) is 1. The van der Waals surface area contributed by atoms with E-state index in [2.05, 4.69) is 56.5 Å². The monoisotopic (exact) mass is 415 g/mol. The number of nitrogens with zero attached hydrogens (tertiary/aromatic N) is 1. The van der Waals surface area contributed by atoms with Gasteiger partial charge in [0.15, 0.2) is 0 Å². The van der Waals surface area contributed by atoms with Crippen LogP contribution in [0.3, 0.4) is 0 Å². The lowest BCUT2D eigenvalue weighted by molar-refractivity contribution is -0.142. The van der Waals surface area contributed by atoms with E-state index < -0.39 is 12.0 Å². The lowest BCUT2D eigenvalue weighted by atomic mass is 9.96. The zero-order valence-electron chi connectivity index (χ0n) is 13.6. The number of rotatable bonds is 4. The third kappa shape index (κ3) is 3.12. The highest BCUT2D eigenvalue weighted by atomic mass is 79.9. The molecule has 2 unspecified atom stereocenters. The molecule has 25 heavy (non-hydrogen) atoms. The number of aliphatic carboxylic acids is 1. The number of likely N-dealkylation sites (tertiary alicyclic amines) is 1. The fraction of sp³-hybridized carbons (Fsp3) is 0.250. The van der Waals surface area contributed by atoms with Crippen molar-refractivity contribution in [2.75, 3.05) is 6.54 Å². The van der Waals surface area contributed by atoms with Gasteiger partial charge in [-0.05, 0) is 52.9 Å². The number of fused-ring (bicyclic) bond motifs is 1. The minimum absolute atomic E-state index is 0.0442. The standard InChI is InChI=1S/C20H18BrNO2S/c21-14-6-3-5-13(11-14)19(22-10-4-8-17(22)20(23)24)16-12-25-18-9-2-1-7-15(16)18/h1-3,5-7,9,11-12,17,19H,4,8,10H2,(H,23,24). The van der Waals surface area contributed by atoms with Gasteiger partial charge in [0.25, 0.3) is 0 Å². The normalized spacial score (nSPS) is 19.3. The van der Waals surface area contributed by atoms with E-state index >= 15 is 0 Å². The molecule has 2 atom stereocenters. The second-order valence-corrected chi connectivity index (χ2v) is 8.21. The Morgan fingerprint density at radius 3 is 2.88 bits per heavy atom. The van der Waals surface area contributed by atoms with Crippen molar-refractivity contribution in [3.63, 3.8) is 0 Å². The number of carbonyl (C=O) groups is 1. The van der Waals surface area contributed by atoms with E-state index in [1.54, 1.807) is 11.3 Å². The molecule has 1 aliphatic heterocycles. The molecule has 0 amide bonds. The van der Waals surface area contributed by atoms with Crippen LogP contribution in [-0.4, -0.2) is 28.6 Å². The zero-order chi connectivity index (χ0) is 17.4. The van der Waals surface area contributed by atoms with E-state index in [1.165, 1.54) is 15.6 Å². The van der Waals surface area contributed by atoms with Crippen LogP contribution in [0.25, 0.3) is 10.1 Å². The molecule has 3 aromatic rings. The summed E-state index contributed by atoms with van der Waals surface area (Å²) in [6.07, 6.45) is 1.63. The minimum Gasteiger partial charge on any atom is -0.480 e. The lowest BCUT2D eigenvalue weighted by Gasteiger charge is -2.31. The summed E-state index contributed by atoms with van der Waals surface area (Å²) in [5, 5.41) is 13.1. The van der Waals surface area contributed by atoms with Gasteiger partial charge in [-0.1, -0.05) is 46.3 Å². The molecule has 128 valence electrons. The third-order valence-corrected chi connectivity index (χ3v) is 6.36. The summed E-state index contributed by atoms with van der Waals surface area (Å²) < 4.78 is 2.25. The molecule has 0 aliphatic carbocycles. The fourth-order valence-electron chi connectivity index (χ4n) is 3.80. The van der Waals surface area contributed by atoms with Crippen LogP contribution >= 0.6 is 27.3 Å². The summed E-state index contributed by atoms with van der Waals surface area (Å²) in [5.74, 6) is -0.725. The minimum atomic E-state index is -0.725. The number of carboxylic acids is 1. The quantitative estimate of drug-likeness (QED) is 0.627. The summed E-state index contributed by atoms with van der Waals surface area (Å²) >= 11 is 5.29. The summed E-state index contributed by atoms with van der Waals surface area (Å²) in [6, 6.07) is 16.1. The van der Waals surface area contributed by atoms with Crippen LogP contribution in [-0.2, 0) is 4.79 Å². The first-order valence-electron chi connectivity index (χ1n) is 8.35. The first-order chi connectivity index (χ1) is 12.1. The molecule has 1 aromatic heterocycles. The highest BCUT2D eigenvalue weighted by Crippen LogP contribution is 2.40. The molecule has 0 bridgehead atoms. The number of thiophene rings is 1. The number of halogens is 1. The Labute approximate surface area is 159 Å². The lowest BCUT2D eigenvalue weighted by Crippen LogP contribution is -2.39. The van der Waals surface area contributed by atoms with Crippen LogP contribution in [0.2, 0.25) is 0 Å². The highest BCUT2D eigenvalue weighted by molar-refractivity contribution is 9.10. The highest BCUT2D eigenvalue weighted by Gasteiger charge is 2.37. The van der Waals surface area contributed by atoms with Crippen molar-refractivity contribution in [1.82, 2.24) is 4.90 Å². The van der Waals surface area contributed by atoms with Gasteiger partial charge in [0.2, 0.25) is 0 Å². The maximum absolute atomic E-state index is 11.8. The number of hydrogen-bond acceptors (Lipinski definition) is 3. The first kappa shape index (κ1) is 16.8. The molecule has 1 N–H and O–H groups in total. The second kappa shape index (κ2) is 6.90. The van der Waals surface area contributed by atoms with Crippen molar-refractivity contribution in [3.8, 4) is 0 Å². The first-order valence-corrected chi connectivity index (χ1v) is 10.0. The van der Waals surface area contributed by atoms with Crippen LogP contribution in [0.15, 0.2) is 58.4 Å². The van der Waals surface area contributed by atoms with Crippen LogP contribution in [0.5, 0.6) is 0 Å². The van der Waals surface area contributed by atoms with Gasteiger partial charge in [-0.2, -0.15) is 0 Å². The molecule has 0 saturated carbocycles. The molecule has 4 rings (SSSR count). The van der Waals surface area contributed by atoms with Crippen LogP contribution in [0, 0.1) is 0 Å². The smallest absolute Gasteiger partial charge is 0.320 e. The maximum atomic E-state index is 11.8. The Bertz CT molecular complexity index is 923. The van der Waals surface area contributed by atoms with Gasteiger partial charge in [-0.3, -0.25) is 9.69 Å². The molecule has 1 fully saturated rings. The average Bonchev–Trinajstić information content (AvgIpc) is 3.23. The van der Waals surface area contributed by atoms with E-state index in [9.17, 15) is 9.90 Å². The third-order valence-electron chi connectivity index (χ3n) is 4.88. The molecule has 2 heterocycles. The van der Waals surface area contributed by atoms with Crippen molar-refractivity contribution in [1.29, 1.82) is 0 Å². The van der Waals surface area contributed by atoms with Gasteiger partial charge >= 0.3 is 5.97 Å². The largest absolute Gasteiger partial charge is 0.480 e. The van der Waals surface area contributed by atoms with Crippen LogP contribution < -0.4 is 0 Å². The molecule has 0 spiro atoms. The Morgan fingerprint density at radius 1 is 1.24 bits per heavy atom. The van der Waals surface area contributed by atoms with Gasteiger partial charge in [-0.15, -0.1) is 11.3 Å². The Kier molecular flexibility index (Phi) is 4.63.